The number of likely N-dealkylation sites (tertiary alicyclic amines) is 1. The molecule has 4 heteroatoms. The highest BCUT2D eigenvalue weighted by molar-refractivity contribution is 5.74. The number of hydrogen-bond donors (Lipinski definition) is 1. The third kappa shape index (κ3) is 3.45. The summed E-state index contributed by atoms with van der Waals surface area (Å²) in [5, 5.41) is 2.90. The molecular weight excluding hydrogens is 279 g/mol. The highest BCUT2D eigenvalue weighted by Gasteiger charge is 2.26. The van der Waals surface area contributed by atoms with Crippen LogP contribution in [0.3, 0.4) is 0 Å². The Labute approximate surface area is 129 Å². The van der Waals surface area contributed by atoms with Crippen molar-refractivity contribution < 1.29 is 9.18 Å². The van der Waals surface area contributed by atoms with Gasteiger partial charge in [-0.3, -0.25) is 0 Å². The Hall–Kier alpha value is -2.36. The monoisotopic (exact) mass is 298 g/mol. The number of nitrogens with zero attached hydrogens (tertiary/aromatic N) is 1. The number of nitrogens with one attached hydrogen (secondary N) is 1. The molecule has 2 aromatic rings. The van der Waals surface area contributed by atoms with E-state index in [0.717, 1.165) is 25.1 Å². The maximum absolute atomic E-state index is 12.8. The Morgan fingerprint density at radius 3 is 2.59 bits per heavy atom. The van der Waals surface area contributed by atoms with E-state index >= 15 is 0 Å². The van der Waals surface area contributed by atoms with Gasteiger partial charge < -0.3 is 10.2 Å². The van der Waals surface area contributed by atoms with Gasteiger partial charge in [-0.25, -0.2) is 9.18 Å². The summed E-state index contributed by atoms with van der Waals surface area (Å²) in [7, 11) is 0. The molecule has 0 aromatic heterocycles. The molecule has 1 heterocycles. The third-order valence-corrected chi connectivity index (χ3v) is 4.10. The van der Waals surface area contributed by atoms with Crippen LogP contribution in [0.15, 0.2) is 54.6 Å². The van der Waals surface area contributed by atoms with Crippen LogP contribution >= 0.6 is 0 Å². The number of amides is 2. The van der Waals surface area contributed by atoms with Crippen LogP contribution in [0.5, 0.6) is 0 Å². The molecule has 1 atom stereocenters. The van der Waals surface area contributed by atoms with Crippen LogP contribution in [-0.2, 0) is 6.54 Å². The maximum atomic E-state index is 12.8. The highest BCUT2D eigenvalue weighted by Crippen LogP contribution is 2.26. The summed E-state index contributed by atoms with van der Waals surface area (Å²) in [6.45, 7) is 1.94. The minimum atomic E-state index is -0.264. The Morgan fingerprint density at radius 1 is 1.14 bits per heavy atom. The van der Waals surface area contributed by atoms with Gasteiger partial charge in [-0.15, -0.1) is 0 Å². The minimum absolute atomic E-state index is 0.0530. The lowest BCUT2D eigenvalue weighted by molar-refractivity contribution is 0.208. The largest absolute Gasteiger partial charge is 0.334 e. The quantitative estimate of drug-likeness (QED) is 0.924. The second-order valence-electron chi connectivity index (χ2n) is 5.63. The molecule has 2 amide bonds. The molecule has 0 saturated carbocycles. The zero-order chi connectivity index (χ0) is 15.4. The van der Waals surface area contributed by atoms with Crippen LogP contribution < -0.4 is 5.32 Å². The Morgan fingerprint density at radius 2 is 1.86 bits per heavy atom. The minimum Gasteiger partial charge on any atom is -0.334 e. The first-order chi connectivity index (χ1) is 10.7. The number of halogens is 1. The number of benzene rings is 2. The fourth-order valence-corrected chi connectivity index (χ4v) is 2.83. The van der Waals surface area contributed by atoms with E-state index in [4.69, 9.17) is 0 Å². The lowest BCUT2D eigenvalue weighted by Gasteiger charge is -2.17. The molecule has 0 spiro atoms. The van der Waals surface area contributed by atoms with E-state index in [0.29, 0.717) is 12.5 Å². The van der Waals surface area contributed by atoms with Crippen molar-refractivity contribution in [1.29, 1.82) is 0 Å². The molecule has 1 aliphatic rings. The number of urea groups is 1. The zero-order valence-electron chi connectivity index (χ0n) is 12.3. The van der Waals surface area contributed by atoms with Gasteiger partial charge >= 0.3 is 6.03 Å². The lowest BCUT2D eigenvalue weighted by Crippen LogP contribution is -2.37. The summed E-state index contributed by atoms with van der Waals surface area (Å²) in [6.07, 6.45) is 0.994. The van der Waals surface area contributed by atoms with Crippen LogP contribution in [0, 0.1) is 5.82 Å². The normalized spacial score (nSPS) is 17.5. The molecule has 0 unspecified atom stereocenters. The van der Waals surface area contributed by atoms with E-state index in [1.807, 2.05) is 23.1 Å². The van der Waals surface area contributed by atoms with Crippen molar-refractivity contribution in [2.45, 2.75) is 18.9 Å². The SMILES string of the molecule is O=C(NCc1ccc(F)cc1)N1CC[C@@H](c2ccccc2)C1. The van der Waals surface area contributed by atoms with E-state index < -0.39 is 0 Å². The van der Waals surface area contributed by atoms with Gasteiger partial charge in [0.1, 0.15) is 5.82 Å². The Balaban J connectivity index is 1.52. The molecule has 3 nitrogen and oxygen atoms in total. The van der Waals surface area contributed by atoms with Crippen molar-refractivity contribution in [3.05, 3.63) is 71.5 Å². The fourth-order valence-electron chi connectivity index (χ4n) is 2.83. The molecule has 22 heavy (non-hydrogen) atoms. The van der Waals surface area contributed by atoms with E-state index in [1.165, 1.54) is 17.7 Å². The first-order valence-electron chi connectivity index (χ1n) is 7.54. The Kier molecular flexibility index (Phi) is 4.37. The average Bonchev–Trinajstić information content (AvgIpc) is 3.05. The summed E-state index contributed by atoms with van der Waals surface area (Å²) in [5.74, 6) is 0.151. The zero-order valence-corrected chi connectivity index (χ0v) is 12.3. The summed E-state index contributed by atoms with van der Waals surface area (Å²) in [6, 6.07) is 16.4. The Bertz CT molecular complexity index is 627. The molecule has 2 aromatic carbocycles. The van der Waals surface area contributed by atoms with Gasteiger partial charge in [-0.2, -0.15) is 0 Å². The topological polar surface area (TPSA) is 32.3 Å². The van der Waals surface area contributed by atoms with Crippen LogP contribution in [0.25, 0.3) is 0 Å². The smallest absolute Gasteiger partial charge is 0.317 e. The summed E-state index contributed by atoms with van der Waals surface area (Å²) < 4.78 is 12.8. The standard InChI is InChI=1S/C18H19FN2O/c19-17-8-6-14(7-9-17)12-20-18(22)21-11-10-16(13-21)15-4-2-1-3-5-15/h1-9,16H,10-13H2,(H,20,22)/t16-/m1/s1. The highest BCUT2D eigenvalue weighted by atomic mass is 19.1. The predicted octanol–water partition coefficient (Wildman–Crippen LogP) is 3.52. The van der Waals surface area contributed by atoms with Crippen LogP contribution in [-0.4, -0.2) is 24.0 Å². The molecule has 0 aliphatic carbocycles. The van der Waals surface area contributed by atoms with Crippen molar-refractivity contribution in [2.75, 3.05) is 13.1 Å². The predicted molar refractivity (Wildman–Crippen MR) is 84.0 cm³/mol. The number of carbonyl (C=O) groups excluding carboxylic acids is 1. The van der Waals surface area contributed by atoms with Gasteiger partial charge in [-0.05, 0) is 29.7 Å². The molecule has 0 bridgehead atoms. The fraction of sp³-hybridized carbons (Fsp3) is 0.278. The van der Waals surface area contributed by atoms with Crippen LogP contribution in [0.1, 0.15) is 23.5 Å². The van der Waals surface area contributed by atoms with E-state index in [2.05, 4.69) is 17.4 Å². The molecule has 0 radical (unpaired) electrons. The molecule has 1 saturated heterocycles. The third-order valence-electron chi connectivity index (χ3n) is 4.10. The van der Waals surface area contributed by atoms with Crippen molar-refractivity contribution >= 4 is 6.03 Å². The van der Waals surface area contributed by atoms with E-state index in [-0.39, 0.29) is 11.8 Å². The van der Waals surface area contributed by atoms with Gasteiger partial charge in [0.25, 0.3) is 0 Å². The molecule has 1 aliphatic heterocycles. The summed E-state index contributed by atoms with van der Waals surface area (Å²) in [4.78, 5) is 14.1. The summed E-state index contributed by atoms with van der Waals surface area (Å²) in [5.41, 5.74) is 2.19. The van der Waals surface area contributed by atoms with Gasteiger partial charge in [0, 0.05) is 25.6 Å². The number of hydrogen-bond acceptors (Lipinski definition) is 1. The van der Waals surface area contributed by atoms with Gasteiger partial charge in [-0.1, -0.05) is 42.5 Å². The molecule has 1 fully saturated rings. The second-order valence-corrected chi connectivity index (χ2v) is 5.63. The van der Waals surface area contributed by atoms with Gasteiger partial charge in [0.2, 0.25) is 0 Å². The van der Waals surface area contributed by atoms with Crippen molar-refractivity contribution in [3.63, 3.8) is 0 Å². The van der Waals surface area contributed by atoms with Crippen molar-refractivity contribution in [1.82, 2.24) is 10.2 Å². The van der Waals surface area contributed by atoms with Crippen LogP contribution in [0.2, 0.25) is 0 Å². The van der Waals surface area contributed by atoms with Crippen molar-refractivity contribution in [2.24, 2.45) is 0 Å². The lowest BCUT2D eigenvalue weighted by atomic mass is 9.99. The van der Waals surface area contributed by atoms with Crippen molar-refractivity contribution in [3.8, 4) is 0 Å². The van der Waals surface area contributed by atoms with Gasteiger partial charge in [0.05, 0.1) is 0 Å². The first kappa shape index (κ1) is 14.6. The molecule has 1 N–H and O–H groups in total. The molecule has 3 rings (SSSR count). The molecule has 114 valence electrons. The number of carbonyl (C=O) groups is 1. The average molecular weight is 298 g/mol. The second kappa shape index (κ2) is 6.60. The van der Waals surface area contributed by atoms with E-state index in [9.17, 15) is 9.18 Å². The first-order valence-corrected chi connectivity index (χ1v) is 7.54. The van der Waals surface area contributed by atoms with Crippen LogP contribution in [0.4, 0.5) is 9.18 Å². The molecular formula is C18H19FN2O. The van der Waals surface area contributed by atoms with Gasteiger partial charge in [0.15, 0.2) is 0 Å². The summed E-state index contributed by atoms with van der Waals surface area (Å²) >= 11 is 0. The number of rotatable bonds is 3. The maximum Gasteiger partial charge on any atom is 0.317 e. The van der Waals surface area contributed by atoms with E-state index in [1.54, 1.807) is 12.1 Å².